The molecule has 2 rings (SSSR count). The maximum Gasteiger partial charge on any atom is 0.123 e. The van der Waals surface area contributed by atoms with Crippen molar-refractivity contribution in [2.75, 3.05) is 7.11 Å². The van der Waals surface area contributed by atoms with Crippen molar-refractivity contribution in [3.63, 3.8) is 0 Å². The first-order valence-corrected chi connectivity index (χ1v) is 6.97. The molecule has 0 saturated heterocycles. The first kappa shape index (κ1) is 15.8. The lowest BCUT2D eigenvalue weighted by Gasteiger charge is -2.20. The summed E-state index contributed by atoms with van der Waals surface area (Å²) in [6, 6.07) is 9.85. The normalized spacial score (nSPS) is 12.2. The van der Waals surface area contributed by atoms with E-state index in [1.165, 1.54) is 12.1 Å². The zero-order valence-corrected chi connectivity index (χ0v) is 12.7. The van der Waals surface area contributed by atoms with E-state index in [4.69, 9.17) is 22.2 Å². The van der Waals surface area contributed by atoms with Crippen LogP contribution in [-0.2, 0) is 6.42 Å². The molecule has 2 aromatic carbocycles. The van der Waals surface area contributed by atoms with Crippen LogP contribution in [0.25, 0.3) is 0 Å². The number of rotatable bonds is 5. The zero-order valence-electron chi connectivity index (χ0n) is 12.0. The number of methoxy groups -OCH3 is 1. The van der Waals surface area contributed by atoms with Crippen LogP contribution in [0.5, 0.6) is 5.75 Å². The number of hydrogen-bond donors (Lipinski definition) is 2. The Morgan fingerprint density at radius 2 is 2.05 bits per heavy atom. The summed E-state index contributed by atoms with van der Waals surface area (Å²) < 4.78 is 18.8. The SMILES string of the molecule is COc1ccc(Cl)cc1CC(NN)c1cc(F)ccc1C. The number of nitrogens with one attached hydrogen (secondary N) is 1. The smallest absolute Gasteiger partial charge is 0.123 e. The maximum atomic E-state index is 13.5. The Bertz CT molecular complexity index is 634. The quantitative estimate of drug-likeness (QED) is 0.656. The first-order valence-electron chi connectivity index (χ1n) is 6.59. The highest BCUT2D eigenvalue weighted by Gasteiger charge is 2.16. The summed E-state index contributed by atoms with van der Waals surface area (Å²) >= 11 is 6.04. The number of nitrogens with two attached hydrogens (primary N) is 1. The number of hydrogen-bond acceptors (Lipinski definition) is 3. The fourth-order valence-corrected chi connectivity index (χ4v) is 2.57. The Morgan fingerprint density at radius 1 is 1.29 bits per heavy atom. The second-order valence-electron chi connectivity index (χ2n) is 4.88. The molecule has 3 N–H and O–H groups in total. The topological polar surface area (TPSA) is 47.3 Å². The molecule has 0 amide bonds. The van der Waals surface area contributed by atoms with Crippen molar-refractivity contribution in [3.8, 4) is 5.75 Å². The highest BCUT2D eigenvalue weighted by Crippen LogP contribution is 2.29. The van der Waals surface area contributed by atoms with Gasteiger partial charge in [0.15, 0.2) is 0 Å². The molecule has 0 aliphatic heterocycles. The van der Waals surface area contributed by atoms with E-state index in [0.717, 1.165) is 22.4 Å². The number of benzene rings is 2. The van der Waals surface area contributed by atoms with Gasteiger partial charge in [0.2, 0.25) is 0 Å². The van der Waals surface area contributed by atoms with Crippen LogP contribution in [0.15, 0.2) is 36.4 Å². The Hall–Kier alpha value is -1.62. The van der Waals surface area contributed by atoms with E-state index in [2.05, 4.69) is 5.43 Å². The summed E-state index contributed by atoms with van der Waals surface area (Å²) in [6.07, 6.45) is 0.546. The Balaban J connectivity index is 2.35. The van der Waals surface area contributed by atoms with Gasteiger partial charge in [-0.15, -0.1) is 0 Å². The van der Waals surface area contributed by atoms with Crippen LogP contribution in [0.4, 0.5) is 4.39 Å². The minimum atomic E-state index is -0.283. The fourth-order valence-electron chi connectivity index (χ4n) is 2.37. The number of ether oxygens (including phenoxy) is 1. The molecule has 5 heteroatoms. The van der Waals surface area contributed by atoms with Crippen molar-refractivity contribution in [1.29, 1.82) is 0 Å². The Kier molecular flexibility index (Phi) is 5.17. The minimum absolute atomic E-state index is 0.229. The molecular weight excluding hydrogens is 291 g/mol. The predicted molar refractivity (Wildman–Crippen MR) is 82.9 cm³/mol. The highest BCUT2D eigenvalue weighted by atomic mass is 35.5. The van der Waals surface area contributed by atoms with Crippen LogP contribution >= 0.6 is 11.6 Å². The van der Waals surface area contributed by atoms with E-state index in [9.17, 15) is 4.39 Å². The summed E-state index contributed by atoms with van der Waals surface area (Å²) in [5.74, 6) is 6.10. The van der Waals surface area contributed by atoms with Crippen molar-refractivity contribution in [1.82, 2.24) is 5.43 Å². The standard InChI is InChI=1S/C16H18ClFN2O/c1-10-3-5-13(18)9-14(10)15(20-19)8-11-7-12(17)4-6-16(11)21-2/h3-7,9,15,20H,8,19H2,1-2H3. The lowest BCUT2D eigenvalue weighted by Crippen LogP contribution is -2.30. The lowest BCUT2D eigenvalue weighted by molar-refractivity contribution is 0.405. The molecule has 2 aromatic rings. The first-order chi connectivity index (χ1) is 10.0. The number of hydrazine groups is 1. The molecule has 0 aromatic heterocycles. The van der Waals surface area contributed by atoms with Gasteiger partial charge in [-0.1, -0.05) is 17.7 Å². The minimum Gasteiger partial charge on any atom is -0.496 e. The van der Waals surface area contributed by atoms with E-state index in [-0.39, 0.29) is 11.9 Å². The molecule has 21 heavy (non-hydrogen) atoms. The van der Waals surface area contributed by atoms with Crippen LogP contribution in [0.2, 0.25) is 5.02 Å². The van der Waals surface area contributed by atoms with Gasteiger partial charge < -0.3 is 4.74 Å². The van der Waals surface area contributed by atoms with E-state index in [0.29, 0.717) is 11.4 Å². The second kappa shape index (κ2) is 6.89. The molecule has 0 aliphatic carbocycles. The summed E-state index contributed by atoms with van der Waals surface area (Å²) in [6.45, 7) is 1.92. The van der Waals surface area contributed by atoms with Crippen molar-refractivity contribution in [2.24, 2.45) is 5.84 Å². The molecule has 0 spiro atoms. The third kappa shape index (κ3) is 3.73. The van der Waals surface area contributed by atoms with Gasteiger partial charge in [0.25, 0.3) is 0 Å². The van der Waals surface area contributed by atoms with Crippen LogP contribution in [0.3, 0.4) is 0 Å². The maximum absolute atomic E-state index is 13.5. The molecular formula is C16H18ClFN2O. The molecule has 1 atom stereocenters. The molecule has 0 heterocycles. The third-order valence-electron chi connectivity index (χ3n) is 3.48. The molecule has 0 fully saturated rings. The summed E-state index contributed by atoms with van der Waals surface area (Å²) in [4.78, 5) is 0. The molecule has 0 saturated carbocycles. The molecule has 3 nitrogen and oxygen atoms in total. The monoisotopic (exact) mass is 308 g/mol. The van der Waals surface area contributed by atoms with Gasteiger partial charge in [-0.05, 0) is 60.4 Å². The van der Waals surface area contributed by atoms with E-state index >= 15 is 0 Å². The molecule has 1 unspecified atom stereocenters. The Morgan fingerprint density at radius 3 is 2.71 bits per heavy atom. The van der Waals surface area contributed by atoms with Crippen LogP contribution in [0.1, 0.15) is 22.7 Å². The summed E-state index contributed by atoms with van der Waals surface area (Å²) in [7, 11) is 1.60. The second-order valence-corrected chi connectivity index (χ2v) is 5.32. The number of halogens is 2. The summed E-state index contributed by atoms with van der Waals surface area (Å²) in [5, 5.41) is 0.623. The van der Waals surface area contributed by atoms with E-state index in [1.807, 2.05) is 19.1 Å². The van der Waals surface area contributed by atoms with Crippen molar-refractivity contribution in [2.45, 2.75) is 19.4 Å². The predicted octanol–water partition coefficient (Wildman–Crippen LogP) is 3.54. The average molecular weight is 309 g/mol. The van der Waals surface area contributed by atoms with Gasteiger partial charge in [-0.25, -0.2) is 4.39 Å². The molecule has 0 radical (unpaired) electrons. The molecule has 0 aliphatic rings. The highest BCUT2D eigenvalue weighted by molar-refractivity contribution is 6.30. The van der Waals surface area contributed by atoms with Crippen molar-refractivity contribution < 1.29 is 9.13 Å². The molecule has 112 valence electrons. The van der Waals surface area contributed by atoms with Gasteiger partial charge in [-0.2, -0.15) is 0 Å². The van der Waals surface area contributed by atoms with Crippen LogP contribution in [-0.4, -0.2) is 7.11 Å². The van der Waals surface area contributed by atoms with Gasteiger partial charge in [0.05, 0.1) is 13.2 Å². The van der Waals surface area contributed by atoms with Gasteiger partial charge >= 0.3 is 0 Å². The summed E-state index contributed by atoms with van der Waals surface area (Å²) in [5.41, 5.74) is 5.45. The average Bonchev–Trinajstić information content (AvgIpc) is 2.47. The Labute approximate surface area is 128 Å². The molecule has 0 bridgehead atoms. The van der Waals surface area contributed by atoms with Crippen LogP contribution in [0, 0.1) is 12.7 Å². The van der Waals surface area contributed by atoms with Crippen molar-refractivity contribution >= 4 is 11.6 Å². The largest absolute Gasteiger partial charge is 0.496 e. The third-order valence-corrected chi connectivity index (χ3v) is 3.72. The van der Waals surface area contributed by atoms with E-state index < -0.39 is 0 Å². The van der Waals surface area contributed by atoms with Gasteiger partial charge in [0.1, 0.15) is 11.6 Å². The van der Waals surface area contributed by atoms with Gasteiger partial charge in [0, 0.05) is 5.02 Å². The van der Waals surface area contributed by atoms with Crippen LogP contribution < -0.4 is 16.0 Å². The van der Waals surface area contributed by atoms with E-state index in [1.54, 1.807) is 19.2 Å². The fraction of sp³-hybridized carbons (Fsp3) is 0.250. The van der Waals surface area contributed by atoms with Crippen molar-refractivity contribution in [3.05, 3.63) is 63.9 Å². The lowest BCUT2D eigenvalue weighted by atomic mass is 9.95. The number of aryl methyl sites for hydroxylation is 1. The van der Waals surface area contributed by atoms with Gasteiger partial charge in [-0.3, -0.25) is 11.3 Å². The zero-order chi connectivity index (χ0) is 15.4.